The molecule has 1 amide bonds. The summed E-state index contributed by atoms with van der Waals surface area (Å²) in [5.74, 6) is -0.280. The van der Waals surface area contributed by atoms with Crippen LogP contribution in [0.4, 0.5) is 5.69 Å². The fourth-order valence-corrected chi connectivity index (χ4v) is 5.16. The number of hydrogen-bond donors (Lipinski definition) is 1. The average Bonchev–Trinajstić information content (AvgIpc) is 3.28. The minimum absolute atomic E-state index is 0.0562. The van der Waals surface area contributed by atoms with Crippen LogP contribution >= 0.6 is 11.6 Å². The third-order valence-electron chi connectivity index (χ3n) is 5.62. The van der Waals surface area contributed by atoms with E-state index in [9.17, 15) is 13.2 Å². The quantitative estimate of drug-likeness (QED) is 0.666. The number of halogens is 1. The summed E-state index contributed by atoms with van der Waals surface area (Å²) < 4.78 is 27.2. The summed E-state index contributed by atoms with van der Waals surface area (Å²) in [5.41, 5.74) is 0.770. The van der Waals surface area contributed by atoms with Gasteiger partial charge in [-0.1, -0.05) is 36.6 Å². The maximum absolute atomic E-state index is 13.0. The van der Waals surface area contributed by atoms with Crippen molar-refractivity contribution in [2.75, 3.05) is 31.5 Å². The summed E-state index contributed by atoms with van der Waals surface area (Å²) in [4.78, 5) is 14.9. The Hall–Kier alpha value is -2.09. The van der Waals surface area contributed by atoms with Gasteiger partial charge in [0.15, 0.2) is 0 Å². The Bertz CT molecular complexity index is 991. The molecule has 0 bridgehead atoms. The number of sulfonamides is 1. The van der Waals surface area contributed by atoms with E-state index in [1.807, 2.05) is 0 Å². The van der Waals surface area contributed by atoms with Crippen LogP contribution < -0.4 is 9.62 Å². The Kier molecular flexibility index (Phi) is 7.39. The minimum Gasteiger partial charge on any atom is -0.351 e. The molecular weight excluding hydrogens is 422 g/mol. The van der Waals surface area contributed by atoms with E-state index in [1.165, 1.54) is 44.9 Å². The lowest BCUT2D eigenvalue weighted by Gasteiger charge is -2.24. The van der Waals surface area contributed by atoms with E-state index in [4.69, 9.17) is 11.6 Å². The van der Waals surface area contributed by atoms with Crippen molar-refractivity contribution >= 4 is 33.2 Å². The van der Waals surface area contributed by atoms with Crippen molar-refractivity contribution in [2.45, 2.75) is 36.6 Å². The lowest BCUT2D eigenvalue weighted by molar-refractivity contribution is 0.0947. The van der Waals surface area contributed by atoms with Gasteiger partial charge in [0.1, 0.15) is 0 Å². The molecule has 0 aromatic heterocycles. The van der Waals surface area contributed by atoms with Crippen LogP contribution in [-0.2, 0) is 10.0 Å². The molecule has 2 aromatic rings. The first-order chi connectivity index (χ1) is 14.3. The van der Waals surface area contributed by atoms with E-state index in [1.54, 1.807) is 36.4 Å². The van der Waals surface area contributed by atoms with Crippen molar-refractivity contribution in [2.24, 2.45) is 0 Å². The van der Waals surface area contributed by atoms with Crippen LogP contribution in [0.2, 0.25) is 5.02 Å². The monoisotopic (exact) mass is 449 g/mol. The number of carbonyl (C=O) groups is 1. The summed E-state index contributed by atoms with van der Waals surface area (Å²) >= 11 is 5.99. The van der Waals surface area contributed by atoms with Crippen LogP contribution in [-0.4, -0.2) is 52.5 Å². The molecule has 1 aliphatic carbocycles. The topological polar surface area (TPSA) is 69.7 Å². The van der Waals surface area contributed by atoms with Gasteiger partial charge < -0.3 is 10.2 Å². The van der Waals surface area contributed by atoms with Gasteiger partial charge in [0.2, 0.25) is 0 Å². The van der Waals surface area contributed by atoms with E-state index in [2.05, 4.69) is 17.3 Å². The molecule has 0 saturated heterocycles. The zero-order valence-electron chi connectivity index (χ0n) is 17.3. The number of hydrogen-bond acceptors (Lipinski definition) is 4. The average molecular weight is 450 g/mol. The Balaban J connectivity index is 1.66. The van der Waals surface area contributed by atoms with Crippen molar-refractivity contribution < 1.29 is 13.2 Å². The largest absolute Gasteiger partial charge is 0.351 e. The SMILES string of the molecule is CN(CCNC(=O)c1cccc(S(=O)(=O)N(C)c2cccc(Cl)c2)c1)C1CCCC1. The molecule has 30 heavy (non-hydrogen) atoms. The van der Waals surface area contributed by atoms with Crippen molar-refractivity contribution in [3.05, 3.63) is 59.1 Å². The molecule has 162 valence electrons. The third-order valence-corrected chi connectivity index (χ3v) is 7.64. The molecule has 3 rings (SSSR count). The van der Waals surface area contributed by atoms with E-state index in [0.717, 1.165) is 10.8 Å². The van der Waals surface area contributed by atoms with E-state index in [-0.39, 0.29) is 10.8 Å². The normalized spacial score (nSPS) is 14.8. The van der Waals surface area contributed by atoms with Crippen LogP contribution in [0.25, 0.3) is 0 Å². The van der Waals surface area contributed by atoms with Gasteiger partial charge in [-0.25, -0.2) is 8.42 Å². The molecule has 0 unspecified atom stereocenters. The number of anilines is 1. The van der Waals surface area contributed by atoms with Gasteiger partial charge >= 0.3 is 0 Å². The fourth-order valence-electron chi connectivity index (χ4n) is 3.74. The molecule has 0 aliphatic heterocycles. The van der Waals surface area contributed by atoms with Crippen LogP contribution in [0.5, 0.6) is 0 Å². The van der Waals surface area contributed by atoms with Crippen LogP contribution in [0.15, 0.2) is 53.4 Å². The molecule has 8 heteroatoms. The maximum Gasteiger partial charge on any atom is 0.264 e. The smallest absolute Gasteiger partial charge is 0.264 e. The van der Waals surface area contributed by atoms with E-state index < -0.39 is 10.0 Å². The fraction of sp³-hybridized carbons (Fsp3) is 0.409. The number of likely N-dealkylation sites (N-methyl/N-ethyl adjacent to an activating group) is 1. The second-order valence-electron chi connectivity index (χ2n) is 7.66. The first-order valence-corrected chi connectivity index (χ1v) is 11.9. The van der Waals surface area contributed by atoms with Gasteiger partial charge in [-0.3, -0.25) is 9.10 Å². The molecule has 1 aliphatic rings. The molecule has 1 N–H and O–H groups in total. The minimum atomic E-state index is -3.82. The summed E-state index contributed by atoms with van der Waals surface area (Å²) in [6, 6.07) is 13.3. The number of benzene rings is 2. The molecule has 6 nitrogen and oxygen atoms in total. The van der Waals surface area contributed by atoms with Gasteiger partial charge in [-0.2, -0.15) is 0 Å². The molecule has 0 heterocycles. The summed E-state index contributed by atoms with van der Waals surface area (Å²) in [6.45, 7) is 1.29. The van der Waals surface area contributed by atoms with Crippen LogP contribution in [0.3, 0.4) is 0 Å². The highest BCUT2D eigenvalue weighted by atomic mass is 35.5. The lowest BCUT2D eigenvalue weighted by Crippen LogP contribution is -2.37. The number of rotatable bonds is 8. The Morgan fingerprint density at radius 3 is 2.50 bits per heavy atom. The van der Waals surface area contributed by atoms with Crippen molar-refractivity contribution in [1.29, 1.82) is 0 Å². The second kappa shape index (κ2) is 9.81. The number of carbonyl (C=O) groups excluding carboxylic acids is 1. The zero-order chi connectivity index (χ0) is 21.7. The van der Waals surface area contributed by atoms with E-state index >= 15 is 0 Å². The summed E-state index contributed by atoms with van der Waals surface area (Å²) in [5, 5.41) is 3.34. The van der Waals surface area contributed by atoms with Gasteiger partial charge in [0.25, 0.3) is 15.9 Å². The predicted molar refractivity (Wildman–Crippen MR) is 121 cm³/mol. The molecule has 2 aromatic carbocycles. The first kappa shape index (κ1) is 22.6. The number of amides is 1. The summed E-state index contributed by atoms with van der Waals surface area (Å²) in [6.07, 6.45) is 4.97. The first-order valence-electron chi connectivity index (χ1n) is 10.1. The van der Waals surface area contributed by atoms with Crippen molar-refractivity contribution in [1.82, 2.24) is 10.2 Å². The zero-order valence-corrected chi connectivity index (χ0v) is 18.9. The summed E-state index contributed by atoms with van der Waals surface area (Å²) in [7, 11) is -0.274. The highest BCUT2D eigenvalue weighted by molar-refractivity contribution is 7.92. The molecule has 0 spiro atoms. The maximum atomic E-state index is 13.0. The molecule has 0 atom stereocenters. The Labute approximate surface area is 183 Å². The number of nitrogens with one attached hydrogen (secondary N) is 1. The highest BCUT2D eigenvalue weighted by Crippen LogP contribution is 2.25. The van der Waals surface area contributed by atoms with Crippen molar-refractivity contribution in [3.8, 4) is 0 Å². The van der Waals surface area contributed by atoms with Crippen molar-refractivity contribution in [3.63, 3.8) is 0 Å². The lowest BCUT2D eigenvalue weighted by atomic mass is 10.2. The Morgan fingerprint density at radius 2 is 1.80 bits per heavy atom. The van der Waals surface area contributed by atoms with Gasteiger partial charge in [-0.15, -0.1) is 0 Å². The van der Waals surface area contributed by atoms with E-state index in [0.29, 0.717) is 28.9 Å². The predicted octanol–water partition coefficient (Wildman–Crippen LogP) is 3.77. The molecule has 1 fully saturated rings. The van der Waals surface area contributed by atoms with Gasteiger partial charge in [0.05, 0.1) is 10.6 Å². The second-order valence-corrected chi connectivity index (χ2v) is 10.1. The molecular formula is C22H28ClN3O3S. The van der Waals surface area contributed by atoms with Gasteiger partial charge in [0, 0.05) is 36.8 Å². The number of nitrogens with zero attached hydrogens (tertiary/aromatic N) is 2. The molecule has 0 radical (unpaired) electrons. The van der Waals surface area contributed by atoms with Crippen LogP contribution in [0, 0.1) is 0 Å². The van der Waals surface area contributed by atoms with Gasteiger partial charge in [-0.05, 0) is 56.3 Å². The third kappa shape index (κ3) is 5.33. The standard InChI is InChI=1S/C22H28ClN3O3S/c1-25(19-9-3-4-10-19)14-13-24-22(27)17-7-5-12-21(15-17)30(28,29)26(2)20-11-6-8-18(23)16-20/h5-8,11-12,15-16,19H,3-4,9-10,13-14H2,1-2H3,(H,24,27). The Morgan fingerprint density at radius 1 is 1.10 bits per heavy atom. The van der Waals surface area contributed by atoms with Crippen LogP contribution in [0.1, 0.15) is 36.0 Å². The molecule has 1 saturated carbocycles. The highest BCUT2D eigenvalue weighted by Gasteiger charge is 2.23.